The molecule has 2 aliphatic carbocycles. The van der Waals surface area contributed by atoms with E-state index in [0.717, 1.165) is 6.55 Å². The number of hydrogen-bond donors (Lipinski definition) is 0. The highest BCUT2D eigenvalue weighted by molar-refractivity contribution is 6.85. The summed E-state index contributed by atoms with van der Waals surface area (Å²) in [5.74, 6) is -19.2. The Hall–Kier alpha value is -2.49. The predicted molar refractivity (Wildman–Crippen MR) is 118 cm³/mol. The molecule has 0 nitrogen and oxygen atoms in total. The van der Waals surface area contributed by atoms with Crippen molar-refractivity contribution in [2.24, 2.45) is 0 Å². The van der Waals surface area contributed by atoms with Gasteiger partial charge in [0.15, 0.2) is 14.2 Å². The van der Waals surface area contributed by atoms with Gasteiger partial charge >= 0.3 is 17.8 Å². The average molecular weight is 521 g/mol. The highest BCUT2D eigenvalue weighted by Gasteiger charge is 2.86. The van der Waals surface area contributed by atoms with E-state index in [1.54, 1.807) is 24.3 Å². The van der Waals surface area contributed by atoms with Crippen LogP contribution in [0.3, 0.4) is 0 Å². The lowest BCUT2D eigenvalue weighted by Crippen LogP contribution is -2.74. The van der Waals surface area contributed by atoms with Gasteiger partial charge < -0.3 is 0 Å². The molecule has 3 atom stereocenters. The Morgan fingerprint density at radius 1 is 0.686 bits per heavy atom. The Morgan fingerprint density at radius 3 is 1.49 bits per heavy atom. The van der Waals surface area contributed by atoms with Crippen LogP contribution < -0.4 is 0 Å². The van der Waals surface area contributed by atoms with E-state index in [1.165, 1.54) is 48.6 Å². The molecule has 0 radical (unpaired) electrons. The first-order chi connectivity index (χ1) is 16.1. The summed E-state index contributed by atoms with van der Waals surface area (Å²) in [6.45, 7) is 0.771. The van der Waals surface area contributed by atoms with Crippen molar-refractivity contribution < 1.29 is 39.5 Å². The number of rotatable bonds is 7. The van der Waals surface area contributed by atoms with Gasteiger partial charge in [0.25, 0.3) is 5.55 Å². The van der Waals surface area contributed by atoms with Crippen LogP contribution in [0.5, 0.6) is 0 Å². The minimum atomic E-state index is -6.66. The fourth-order valence-electron chi connectivity index (χ4n) is 5.12. The largest absolute Gasteiger partial charge is 0.380 e. The third kappa shape index (κ3) is 3.28. The Labute approximate surface area is 197 Å². The number of benzene rings is 2. The summed E-state index contributed by atoms with van der Waals surface area (Å²) in [6, 6.07) is 12.2. The second-order valence-electron chi connectivity index (χ2n) is 9.18. The van der Waals surface area contributed by atoms with Gasteiger partial charge in [-0.1, -0.05) is 79.4 Å². The summed E-state index contributed by atoms with van der Waals surface area (Å²) in [6.07, 6.45) is 1.58. The predicted octanol–water partition coefficient (Wildman–Crippen LogP) is 8.20. The summed E-state index contributed by atoms with van der Waals surface area (Å²) in [4.78, 5) is 0. The smallest absolute Gasteiger partial charge is 0.241 e. The molecule has 0 fully saturated rings. The first-order valence-corrected chi connectivity index (χ1v) is 13.5. The van der Waals surface area contributed by atoms with Gasteiger partial charge in [-0.2, -0.15) is 26.3 Å². The van der Waals surface area contributed by atoms with Crippen LogP contribution in [0.4, 0.5) is 39.5 Å². The molecule has 0 aliphatic heterocycles. The zero-order chi connectivity index (χ0) is 26.0. The van der Waals surface area contributed by atoms with Crippen LogP contribution in [0.25, 0.3) is 12.2 Å². The quantitative estimate of drug-likeness (QED) is 0.255. The van der Waals surface area contributed by atoms with Crippen molar-refractivity contribution in [2.75, 3.05) is 0 Å². The van der Waals surface area contributed by atoms with Crippen LogP contribution in [0.2, 0.25) is 6.55 Å². The maximum atomic E-state index is 16.1. The van der Waals surface area contributed by atoms with Gasteiger partial charge in [-0.05, 0) is 29.2 Å². The van der Waals surface area contributed by atoms with Crippen molar-refractivity contribution in [3.05, 3.63) is 82.9 Å². The molecule has 0 bridgehead atoms. The molecule has 0 heterocycles. The molecule has 2 aromatic rings. The van der Waals surface area contributed by atoms with Crippen LogP contribution in [-0.4, -0.2) is 37.6 Å². The normalized spacial score (nSPS) is 22.6. The molecular formula is C25H21F9Si. The van der Waals surface area contributed by atoms with Gasteiger partial charge in [-0.3, -0.25) is 0 Å². The number of halogens is 9. The van der Waals surface area contributed by atoms with Crippen LogP contribution >= 0.6 is 0 Å². The van der Waals surface area contributed by atoms with E-state index in [-0.39, 0.29) is 18.1 Å². The fraction of sp³-hybridized carbons (Fsp3) is 0.360. The summed E-state index contributed by atoms with van der Waals surface area (Å²) >= 11 is 0. The Kier molecular flexibility index (Phi) is 5.86. The minimum Gasteiger partial charge on any atom is -0.241 e. The highest BCUT2D eigenvalue weighted by Crippen LogP contribution is 2.62. The number of allylic oxidation sites excluding steroid dienone is 2. The molecule has 0 saturated heterocycles. The molecule has 4 rings (SSSR count). The third-order valence-electron chi connectivity index (χ3n) is 7.27. The topological polar surface area (TPSA) is 0 Å². The number of alkyl halides is 9. The van der Waals surface area contributed by atoms with Crippen molar-refractivity contribution in [3.8, 4) is 0 Å². The molecule has 0 aromatic heterocycles. The zero-order valence-electron chi connectivity index (χ0n) is 18.6. The van der Waals surface area contributed by atoms with E-state index in [4.69, 9.17) is 0 Å². The van der Waals surface area contributed by atoms with Crippen molar-refractivity contribution in [2.45, 2.75) is 54.0 Å². The molecule has 0 amide bonds. The molecule has 0 saturated carbocycles. The van der Waals surface area contributed by atoms with Gasteiger partial charge in [0, 0.05) is 11.1 Å². The van der Waals surface area contributed by atoms with Crippen molar-refractivity contribution in [1.29, 1.82) is 0 Å². The van der Waals surface area contributed by atoms with Gasteiger partial charge in [-0.15, -0.1) is 0 Å². The average Bonchev–Trinajstić information content (AvgIpc) is 3.43. The van der Waals surface area contributed by atoms with E-state index in [2.05, 4.69) is 0 Å². The zero-order valence-corrected chi connectivity index (χ0v) is 19.6. The summed E-state index contributed by atoms with van der Waals surface area (Å²) < 4.78 is 133. The first-order valence-electron chi connectivity index (χ1n) is 10.8. The number of hydrogen-bond acceptors (Lipinski definition) is 0. The maximum absolute atomic E-state index is 16.1. The fourth-order valence-corrected chi connectivity index (χ4v) is 9.93. The molecule has 2 aliphatic rings. The Balaban J connectivity index is 1.96. The van der Waals surface area contributed by atoms with Gasteiger partial charge in [0.2, 0.25) is 0 Å². The van der Waals surface area contributed by atoms with Crippen LogP contribution in [0.1, 0.15) is 40.3 Å². The molecular weight excluding hydrogens is 499 g/mol. The van der Waals surface area contributed by atoms with E-state index in [1.807, 2.05) is 0 Å². The van der Waals surface area contributed by atoms with E-state index >= 15 is 17.6 Å². The monoisotopic (exact) mass is 520 g/mol. The van der Waals surface area contributed by atoms with E-state index in [9.17, 15) is 22.0 Å². The van der Waals surface area contributed by atoms with Crippen molar-refractivity contribution in [3.63, 3.8) is 0 Å². The van der Waals surface area contributed by atoms with Crippen LogP contribution in [-0.2, 0) is 0 Å². The summed E-state index contributed by atoms with van der Waals surface area (Å²) in [7, 11) is -5.16. The second-order valence-corrected chi connectivity index (χ2v) is 13.6. The van der Waals surface area contributed by atoms with Crippen molar-refractivity contribution in [1.82, 2.24) is 0 Å². The van der Waals surface area contributed by atoms with Gasteiger partial charge in [0.05, 0.1) is 0 Å². The minimum absolute atomic E-state index is 0.0648. The van der Waals surface area contributed by atoms with Gasteiger partial charge in [-0.25, -0.2) is 13.2 Å². The molecule has 0 N–H and O–H groups in total. The lowest BCUT2D eigenvalue weighted by molar-refractivity contribution is -0.360. The number of fused-ring (bicyclic) bond motifs is 2. The Morgan fingerprint density at radius 2 is 1.09 bits per heavy atom. The second kappa shape index (κ2) is 8.01. The van der Waals surface area contributed by atoms with Crippen molar-refractivity contribution >= 4 is 20.2 Å². The summed E-state index contributed by atoms with van der Waals surface area (Å²) in [5.41, 5.74) is -7.08. The lowest BCUT2D eigenvalue weighted by Gasteiger charge is -2.48. The van der Waals surface area contributed by atoms with Crippen LogP contribution in [0, 0.1) is 0 Å². The molecule has 35 heavy (non-hydrogen) atoms. The van der Waals surface area contributed by atoms with E-state index in [0.29, 0.717) is 11.1 Å². The third-order valence-corrected chi connectivity index (χ3v) is 12.5. The summed E-state index contributed by atoms with van der Waals surface area (Å²) in [5, 5.41) is 0. The highest BCUT2D eigenvalue weighted by atomic mass is 28.3. The molecule has 0 spiro atoms. The van der Waals surface area contributed by atoms with Gasteiger partial charge in [0.1, 0.15) is 0 Å². The SMILES string of the molecule is CC(F)C(F)(F)C(F)(F)C(F)(F)C(F)(F)[Si](C)(C1C=Cc2ccccc21)C1C=Cc2ccccc21. The van der Waals surface area contributed by atoms with E-state index < -0.39 is 48.6 Å². The Bertz CT molecular complexity index is 1120. The standard InChI is InChI=1S/C25H21F9Si/c1-15(26)22(27,28)23(29,30)24(31,32)25(33,34)35(2,20-13-11-16-7-3-5-9-18(16)20)21-14-12-17-8-4-6-10-19(17)21/h3-15,20-21H,1-2H3. The lowest BCUT2D eigenvalue weighted by atomic mass is 10.0. The maximum Gasteiger partial charge on any atom is 0.380 e. The molecule has 10 heteroatoms. The van der Waals surface area contributed by atoms with Crippen LogP contribution in [0.15, 0.2) is 60.7 Å². The molecule has 2 aromatic carbocycles. The first kappa shape index (κ1) is 25.6. The molecule has 3 unspecified atom stereocenters. The molecule has 188 valence electrons.